The van der Waals surface area contributed by atoms with Gasteiger partial charge in [-0.3, -0.25) is 28.1 Å². The number of aromatic nitrogens is 6. The fourth-order valence-corrected chi connectivity index (χ4v) is 12.6. The zero-order valence-corrected chi connectivity index (χ0v) is 48.9. The van der Waals surface area contributed by atoms with Crippen molar-refractivity contribution in [2.75, 3.05) is 54.0 Å². The number of pyridine rings is 6. The van der Waals surface area contributed by atoms with Crippen molar-refractivity contribution < 1.29 is 69.2 Å². The third-order valence-electron chi connectivity index (χ3n) is 17.6. The molecule has 15 rings (SSSR count). The van der Waals surface area contributed by atoms with E-state index in [1.165, 1.54) is 0 Å². The Hall–Kier alpha value is -9.56. The molecule has 3 unspecified atom stereocenters. The monoisotopic (exact) mass is 1310 g/mol. The average molecular weight is 1320 g/mol. The van der Waals surface area contributed by atoms with Gasteiger partial charge in [-0.15, -0.1) is 0 Å². The number of nitrogens with two attached hydrogens (primary N) is 3. The molecule has 0 amide bonds. The number of carboxylic acid groups (broad SMARTS) is 3. The maximum absolute atomic E-state index is 14.8. The van der Waals surface area contributed by atoms with Crippen molar-refractivity contribution >= 4 is 88.3 Å². The quantitative estimate of drug-likeness (QED) is 0.135. The number of aromatic carboxylic acids is 3. The molecule has 3 aromatic carbocycles. The number of piperidine rings is 3. The van der Waals surface area contributed by atoms with Gasteiger partial charge < -0.3 is 61.6 Å². The van der Waals surface area contributed by atoms with Gasteiger partial charge >= 0.3 is 19.8 Å². The van der Waals surface area contributed by atoms with Crippen molar-refractivity contribution in [2.24, 2.45) is 52.7 Å². The van der Waals surface area contributed by atoms with Crippen LogP contribution in [0.2, 0.25) is 0 Å². The van der Waals surface area contributed by atoms with Crippen LogP contribution in [-0.2, 0) is 0 Å². The fourth-order valence-electron chi connectivity index (χ4n) is 12.6. The van der Waals surface area contributed by atoms with Gasteiger partial charge in [-0.05, 0) is 90.1 Å². The number of carboxylic acids is 3. The topological polar surface area (TPSA) is 313 Å². The standard InChI is InChI=1S/3C20H15F3N4O3.Ga/c3*21-8-1-2-15(13(22)3-8)27-7-12(20(29)30)17(28)9-4-14(23)19(25-18(9)27)26-5-10-11(6-26)16(10)24;/h3*1-4,7,10-11,16H,5-6,24H2,(H,29,30);/q;;;+3/p-3/t3*10-,11+,16?;. The zero-order chi connectivity index (χ0) is 64.0. The Bertz CT molecular complexity index is 4320. The van der Waals surface area contributed by atoms with E-state index in [1.54, 1.807) is 14.7 Å². The van der Waals surface area contributed by atoms with E-state index < -0.39 is 103 Å². The average Bonchev–Trinajstić information content (AvgIpc) is 1.63. The predicted molar refractivity (Wildman–Crippen MR) is 302 cm³/mol. The minimum Gasteiger partial charge on any atom is -0.545 e. The maximum Gasteiger partial charge on any atom is 3.00 e. The third kappa shape index (κ3) is 10.7. The fraction of sp³-hybridized carbons (Fsp3) is 0.250. The van der Waals surface area contributed by atoms with Crippen LogP contribution >= 0.6 is 0 Å². The number of fused-ring (bicyclic) bond motifs is 6. The molecule has 9 atom stereocenters. The third-order valence-corrected chi connectivity index (χ3v) is 17.6. The van der Waals surface area contributed by atoms with E-state index in [-0.39, 0.29) is 141 Å². The van der Waals surface area contributed by atoms with Gasteiger partial charge in [-0.2, -0.15) is 0 Å². The molecule has 3 saturated heterocycles. The summed E-state index contributed by atoms with van der Waals surface area (Å²) in [6, 6.07) is 10.8. The molecule has 3 aliphatic carbocycles. The second kappa shape index (κ2) is 22.7. The summed E-state index contributed by atoms with van der Waals surface area (Å²) in [6.45, 7) is 2.96. The molecular weight excluding hydrogens is 1270 g/mol. The summed E-state index contributed by atoms with van der Waals surface area (Å²) in [4.78, 5) is 89.7. The molecule has 9 heterocycles. The SMILES string of the molecule is NC1[C@H]2CN(c3nc4c(cc3F)c(=O)c(C(=O)[O-])cn4-c3ccc(F)cc3F)C[C@@H]12.NC1[C@H]2CN(c3nc4c(cc3F)c(=O)c(C(=O)[O-])cn4-c3ccc(F)cc3F)C[C@@H]12.NC1[C@H]2CN(c3nc4c(cc3F)c(=O)c(C(=O)[O-])cn4-c3ccc(F)cc3F)C[C@@H]12.[Ga+3]. The Labute approximate surface area is 517 Å². The summed E-state index contributed by atoms with van der Waals surface area (Å²) in [6.07, 6.45) is 2.55. The van der Waals surface area contributed by atoms with Crippen LogP contribution in [0.15, 0.2) is 106 Å². The van der Waals surface area contributed by atoms with Gasteiger partial charge in [-0.25, -0.2) is 54.5 Å². The van der Waals surface area contributed by atoms with E-state index in [2.05, 4.69) is 15.0 Å². The zero-order valence-electron chi connectivity index (χ0n) is 46.5. The number of hydrogen-bond donors (Lipinski definition) is 3. The van der Waals surface area contributed by atoms with E-state index in [9.17, 15) is 83.6 Å². The Morgan fingerprint density at radius 2 is 0.615 bits per heavy atom. The van der Waals surface area contributed by atoms with Crippen LogP contribution in [-0.4, -0.2) is 124 Å². The Balaban J connectivity index is 0.000000131. The molecule has 0 bridgehead atoms. The van der Waals surface area contributed by atoms with E-state index in [0.717, 1.165) is 86.9 Å². The molecular formula is C60H42F9GaN12O9. The van der Waals surface area contributed by atoms with E-state index >= 15 is 0 Å². The number of benzene rings is 3. The minimum atomic E-state index is -1.81. The molecule has 9 aromatic rings. The van der Waals surface area contributed by atoms with Crippen molar-refractivity contribution in [3.8, 4) is 17.1 Å². The summed E-state index contributed by atoms with van der Waals surface area (Å²) < 4.78 is 131. The van der Waals surface area contributed by atoms with Crippen LogP contribution in [0.5, 0.6) is 0 Å². The van der Waals surface area contributed by atoms with Crippen LogP contribution < -0.4 is 63.5 Å². The first-order valence-corrected chi connectivity index (χ1v) is 27.6. The molecule has 21 nitrogen and oxygen atoms in total. The molecule has 6 N–H and O–H groups in total. The first-order chi connectivity index (χ1) is 42.8. The van der Waals surface area contributed by atoms with Gasteiger partial charge in [0.15, 0.2) is 68.1 Å². The van der Waals surface area contributed by atoms with Crippen LogP contribution in [0.4, 0.5) is 57.0 Å². The van der Waals surface area contributed by atoms with Gasteiger partial charge in [0, 0.05) is 94.2 Å². The molecule has 91 heavy (non-hydrogen) atoms. The molecule has 0 radical (unpaired) electrons. The van der Waals surface area contributed by atoms with Crippen LogP contribution in [0.1, 0.15) is 31.1 Å². The smallest absolute Gasteiger partial charge is 0.545 e. The maximum atomic E-state index is 14.8. The molecule has 6 aromatic heterocycles. The molecule has 31 heteroatoms. The van der Waals surface area contributed by atoms with Crippen molar-refractivity contribution in [3.05, 3.63) is 191 Å². The van der Waals surface area contributed by atoms with E-state index in [1.807, 2.05) is 0 Å². The van der Waals surface area contributed by atoms with Crippen molar-refractivity contribution in [3.63, 3.8) is 0 Å². The Morgan fingerprint density at radius 1 is 0.385 bits per heavy atom. The second-order valence-electron chi connectivity index (χ2n) is 22.8. The molecule has 3 aliphatic heterocycles. The molecule has 3 saturated carbocycles. The van der Waals surface area contributed by atoms with Gasteiger partial charge in [0.25, 0.3) is 0 Å². The van der Waals surface area contributed by atoms with Gasteiger partial charge in [-0.1, -0.05) is 0 Å². The largest absolute Gasteiger partial charge is 3.00 e. The molecule has 6 fully saturated rings. The minimum absolute atomic E-state index is 0. The molecule has 462 valence electrons. The first kappa shape index (κ1) is 61.7. The number of rotatable bonds is 9. The van der Waals surface area contributed by atoms with Crippen LogP contribution in [0.3, 0.4) is 0 Å². The summed E-state index contributed by atoms with van der Waals surface area (Å²) >= 11 is 0. The summed E-state index contributed by atoms with van der Waals surface area (Å²) in [7, 11) is 0. The first-order valence-electron chi connectivity index (χ1n) is 27.6. The predicted octanol–water partition coefficient (Wildman–Crippen LogP) is 1.30. The number of anilines is 3. The van der Waals surface area contributed by atoms with Crippen LogP contribution in [0.25, 0.3) is 50.2 Å². The van der Waals surface area contributed by atoms with Gasteiger partial charge in [0.2, 0.25) is 0 Å². The second-order valence-corrected chi connectivity index (χ2v) is 22.8. The molecule has 0 spiro atoms. The van der Waals surface area contributed by atoms with Gasteiger partial charge in [0.05, 0.1) is 67.8 Å². The van der Waals surface area contributed by atoms with E-state index in [0.29, 0.717) is 57.5 Å². The number of halogens is 9. The van der Waals surface area contributed by atoms with Crippen LogP contribution in [0, 0.1) is 87.9 Å². The summed E-state index contributed by atoms with van der Waals surface area (Å²) in [5.74, 6) is -12.1. The number of carbonyl (C=O) groups is 3. The normalized spacial score (nSPS) is 22.2. The molecule has 6 aliphatic rings. The van der Waals surface area contributed by atoms with Crippen molar-refractivity contribution in [2.45, 2.75) is 18.1 Å². The number of carbonyl (C=O) groups excluding carboxylic acids is 3. The Morgan fingerprint density at radius 3 is 0.824 bits per heavy atom. The number of hydrogen-bond acceptors (Lipinski definition) is 18. The van der Waals surface area contributed by atoms with Gasteiger partial charge in [0.1, 0.15) is 34.9 Å². The van der Waals surface area contributed by atoms with E-state index in [4.69, 9.17) is 17.2 Å². The number of nitrogens with zero attached hydrogens (tertiary/aromatic N) is 9. The summed E-state index contributed by atoms with van der Waals surface area (Å²) in [5, 5.41) is 33.1. The van der Waals surface area contributed by atoms with Crippen molar-refractivity contribution in [1.82, 2.24) is 28.7 Å². The van der Waals surface area contributed by atoms with Crippen molar-refractivity contribution in [1.29, 1.82) is 0 Å². The summed E-state index contributed by atoms with van der Waals surface area (Å²) in [5.41, 5.74) is 11.1. The Kier molecular flexibility index (Phi) is 15.4.